The molecule has 0 fully saturated rings. The summed E-state index contributed by atoms with van der Waals surface area (Å²) in [4.78, 5) is 39.0. The first-order chi connectivity index (χ1) is 16.3. The zero-order chi connectivity index (χ0) is 24.3. The van der Waals surface area contributed by atoms with Gasteiger partial charge in [0, 0.05) is 28.8 Å². The van der Waals surface area contributed by atoms with Gasteiger partial charge in [0.1, 0.15) is 4.21 Å². The van der Waals surface area contributed by atoms with Crippen LogP contribution < -0.4 is 5.32 Å². The minimum absolute atomic E-state index is 0.0647. The van der Waals surface area contributed by atoms with Gasteiger partial charge in [-0.3, -0.25) is 25.0 Å². The molecule has 1 heterocycles. The predicted molar refractivity (Wildman–Crippen MR) is 125 cm³/mol. The van der Waals surface area contributed by atoms with Crippen molar-refractivity contribution >= 4 is 43.7 Å². The number of nitrogens with one attached hydrogen (secondary N) is 1. The van der Waals surface area contributed by atoms with Gasteiger partial charge in [-0.2, -0.15) is 0 Å². The fourth-order valence-corrected chi connectivity index (χ4v) is 5.43. The van der Waals surface area contributed by atoms with E-state index in [9.17, 15) is 28.1 Å². The Morgan fingerprint density at radius 2 is 1.44 bits per heavy atom. The molecule has 34 heavy (non-hydrogen) atoms. The fourth-order valence-electron chi connectivity index (χ4n) is 3.00. The van der Waals surface area contributed by atoms with Crippen LogP contribution >= 0.6 is 11.3 Å². The van der Waals surface area contributed by atoms with Crippen molar-refractivity contribution in [1.82, 2.24) is 4.98 Å². The highest BCUT2D eigenvalue weighted by atomic mass is 32.2. The molecule has 0 aliphatic carbocycles. The number of ketones is 1. The van der Waals surface area contributed by atoms with Crippen molar-refractivity contribution in [2.75, 3.05) is 5.32 Å². The Bertz CT molecular complexity index is 1480. The highest BCUT2D eigenvalue weighted by Gasteiger charge is 2.22. The number of carbonyl (C=O) groups excluding carboxylic acids is 2. The van der Waals surface area contributed by atoms with Crippen LogP contribution in [0.25, 0.3) is 0 Å². The van der Waals surface area contributed by atoms with Gasteiger partial charge in [-0.25, -0.2) is 13.4 Å². The smallest absolute Gasteiger partial charge is 0.269 e. The summed E-state index contributed by atoms with van der Waals surface area (Å²) in [6.45, 7) is 0. The summed E-state index contributed by atoms with van der Waals surface area (Å²) < 4.78 is 25.4. The number of non-ortho nitro benzene ring substituents is 1. The number of hydrogen-bond donors (Lipinski definition) is 1. The molecule has 1 N–H and O–H groups in total. The molecule has 0 aliphatic rings. The van der Waals surface area contributed by atoms with Gasteiger partial charge < -0.3 is 0 Å². The summed E-state index contributed by atoms with van der Waals surface area (Å²) in [6.07, 6.45) is 1.11. The van der Waals surface area contributed by atoms with Crippen molar-refractivity contribution in [3.05, 3.63) is 112 Å². The van der Waals surface area contributed by atoms with E-state index >= 15 is 0 Å². The third kappa shape index (κ3) is 4.75. The summed E-state index contributed by atoms with van der Waals surface area (Å²) in [6, 6.07) is 19.3. The standard InChI is InChI=1S/C23H15N3O6S2/c27-21(15-4-2-1-3-5-15)16-6-8-17(9-7-16)22(28)25-23-24-14-20(33-23)34(31,32)19-12-10-18(11-13-19)26(29)30/h1-14H,(H,24,25,28). The first kappa shape index (κ1) is 23.0. The fraction of sp³-hybridized carbons (Fsp3) is 0. The van der Waals surface area contributed by atoms with Crippen LogP contribution in [0.15, 0.2) is 94.2 Å². The monoisotopic (exact) mass is 493 g/mol. The highest BCUT2D eigenvalue weighted by Crippen LogP contribution is 2.29. The zero-order valence-corrected chi connectivity index (χ0v) is 18.9. The molecule has 4 rings (SSSR count). The highest BCUT2D eigenvalue weighted by molar-refractivity contribution is 7.93. The van der Waals surface area contributed by atoms with Gasteiger partial charge >= 0.3 is 0 Å². The Hall–Kier alpha value is -4.22. The number of nitrogens with zero attached hydrogens (tertiary/aromatic N) is 2. The number of carbonyl (C=O) groups is 2. The molecule has 170 valence electrons. The number of nitro benzene ring substituents is 1. The van der Waals surface area contributed by atoms with E-state index in [1.54, 1.807) is 24.3 Å². The first-order valence-electron chi connectivity index (χ1n) is 9.72. The molecule has 4 aromatic rings. The van der Waals surface area contributed by atoms with E-state index < -0.39 is 20.7 Å². The second-order valence-corrected chi connectivity index (χ2v) is 10.2. The van der Waals surface area contributed by atoms with Crippen LogP contribution in [0.2, 0.25) is 0 Å². The van der Waals surface area contributed by atoms with Crippen LogP contribution in [0.3, 0.4) is 0 Å². The third-order valence-electron chi connectivity index (χ3n) is 4.77. The number of anilines is 1. The van der Waals surface area contributed by atoms with Crippen molar-refractivity contribution in [2.45, 2.75) is 9.10 Å². The van der Waals surface area contributed by atoms with E-state index in [-0.39, 0.29) is 31.3 Å². The Morgan fingerprint density at radius 3 is 2.06 bits per heavy atom. The SMILES string of the molecule is O=C(Nc1ncc(S(=O)(=O)c2ccc([N+](=O)[O-])cc2)s1)c1ccc(C(=O)c2ccccc2)cc1. The number of hydrogen-bond acceptors (Lipinski definition) is 8. The van der Waals surface area contributed by atoms with Gasteiger partial charge in [-0.15, -0.1) is 0 Å². The van der Waals surface area contributed by atoms with Crippen molar-refractivity contribution in [1.29, 1.82) is 0 Å². The number of sulfone groups is 1. The quantitative estimate of drug-likeness (QED) is 0.229. The number of benzene rings is 3. The number of amides is 1. The molecule has 9 nitrogen and oxygen atoms in total. The summed E-state index contributed by atoms with van der Waals surface area (Å²) in [5.74, 6) is -0.694. The molecular weight excluding hydrogens is 478 g/mol. The minimum atomic E-state index is -3.96. The van der Waals surface area contributed by atoms with Crippen LogP contribution in [0.5, 0.6) is 0 Å². The molecule has 1 aromatic heterocycles. The number of aromatic nitrogens is 1. The number of nitro groups is 1. The maximum atomic E-state index is 12.8. The molecule has 0 saturated carbocycles. The van der Waals surface area contributed by atoms with E-state index in [4.69, 9.17) is 0 Å². The Labute approximate surface area is 197 Å². The molecule has 11 heteroatoms. The maximum Gasteiger partial charge on any atom is 0.269 e. The molecule has 0 bridgehead atoms. The van der Waals surface area contributed by atoms with Crippen molar-refractivity contribution in [2.24, 2.45) is 0 Å². The van der Waals surface area contributed by atoms with Crippen LogP contribution in [0.1, 0.15) is 26.3 Å². The maximum absolute atomic E-state index is 12.8. The van der Waals surface area contributed by atoms with Crippen molar-refractivity contribution in [3.63, 3.8) is 0 Å². The topological polar surface area (TPSA) is 136 Å². The number of thiazole rings is 1. The Morgan fingerprint density at radius 1 is 0.853 bits per heavy atom. The second-order valence-electron chi connectivity index (χ2n) is 6.97. The zero-order valence-electron chi connectivity index (χ0n) is 17.2. The van der Waals surface area contributed by atoms with E-state index in [1.165, 1.54) is 24.3 Å². The molecule has 0 atom stereocenters. The van der Waals surface area contributed by atoms with Gasteiger partial charge in [0.05, 0.1) is 16.0 Å². The lowest BCUT2D eigenvalue weighted by molar-refractivity contribution is -0.384. The lowest BCUT2D eigenvalue weighted by Gasteiger charge is -2.04. The molecule has 0 unspecified atom stereocenters. The summed E-state index contributed by atoms with van der Waals surface area (Å²) >= 11 is 0.754. The number of rotatable bonds is 7. The lowest BCUT2D eigenvalue weighted by atomic mass is 10.0. The Kier molecular flexibility index (Phi) is 6.30. The summed E-state index contributed by atoms with van der Waals surface area (Å²) in [5, 5.41) is 13.4. The van der Waals surface area contributed by atoms with Gasteiger partial charge in [-0.1, -0.05) is 53.8 Å². The van der Waals surface area contributed by atoms with Crippen LogP contribution in [0.4, 0.5) is 10.8 Å². The van der Waals surface area contributed by atoms with E-state index in [2.05, 4.69) is 10.3 Å². The van der Waals surface area contributed by atoms with Crippen molar-refractivity contribution in [3.8, 4) is 0 Å². The predicted octanol–water partition coefficient (Wildman–Crippen LogP) is 4.37. The summed E-state index contributed by atoms with van der Waals surface area (Å²) in [5.41, 5.74) is 0.991. The molecule has 3 aromatic carbocycles. The molecular formula is C23H15N3O6S2. The second kappa shape index (κ2) is 9.33. The molecule has 0 aliphatic heterocycles. The lowest BCUT2D eigenvalue weighted by Crippen LogP contribution is -2.12. The molecule has 1 amide bonds. The first-order valence-corrected chi connectivity index (χ1v) is 12.0. The molecule has 0 saturated heterocycles. The van der Waals surface area contributed by atoms with Gasteiger partial charge in [0.15, 0.2) is 10.9 Å². The van der Waals surface area contributed by atoms with E-state index in [0.717, 1.165) is 41.8 Å². The van der Waals surface area contributed by atoms with Gasteiger partial charge in [-0.05, 0) is 24.3 Å². The van der Waals surface area contributed by atoms with Crippen LogP contribution in [-0.2, 0) is 9.84 Å². The molecule has 0 radical (unpaired) electrons. The third-order valence-corrected chi connectivity index (χ3v) is 7.92. The van der Waals surface area contributed by atoms with E-state index in [0.29, 0.717) is 11.1 Å². The minimum Gasteiger partial charge on any atom is -0.298 e. The average molecular weight is 494 g/mol. The largest absolute Gasteiger partial charge is 0.298 e. The van der Waals surface area contributed by atoms with E-state index in [1.807, 2.05) is 6.07 Å². The normalized spacial score (nSPS) is 11.1. The van der Waals surface area contributed by atoms with Crippen LogP contribution in [-0.4, -0.2) is 30.0 Å². The van der Waals surface area contributed by atoms with Gasteiger partial charge in [0.2, 0.25) is 9.84 Å². The summed E-state index contributed by atoms with van der Waals surface area (Å²) in [7, 11) is -3.96. The molecule has 0 spiro atoms. The Balaban J connectivity index is 1.47. The van der Waals surface area contributed by atoms with Gasteiger partial charge in [0.25, 0.3) is 11.6 Å². The average Bonchev–Trinajstić information content (AvgIpc) is 3.33. The van der Waals surface area contributed by atoms with Crippen LogP contribution in [0, 0.1) is 10.1 Å². The van der Waals surface area contributed by atoms with Crippen molar-refractivity contribution < 1.29 is 22.9 Å².